The Hall–Kier alpha value is -2.07. The molecule has 1 aromatic rings. The second kappa shape index (κ2) is 7.51. The fourth-order valence-electron chi connectivity index (χ4n) is 3.65. The van der Waals surface area contributed by atoms with Crippen LogP contribution in [0.4, 0.5) is 18.9 Å². The highest BCUT2D eigenvalue weighted by molar-refractivity contribution is 5.94. The highest BCUT2D eigenvalue weighted by Crippen LogP contribution is 2.40. The van der Waals surface area contributed by atoms with E-state index in [-0.39, 0.29) is 23.6 Å². The van der Waals surface area contributed by atoms with Gasteiger partial charge in [0.15, 0.2) is 0 Å². The Morgan fingerprint density at radius 3 is 2.52 bits per heavy atom. The summed E-state index contributed by atoms with van der Waals surface area (Å²) in [4.78, 5) is 14.1. The molecule has 0 aliphatic carbocycles. The third kappa shape index (κ3) is 4.27. The summed E-state index contributed by atoms with van der Waals surface area (Å²) in [6.07, 6.45) is -2.77. The molecule has 4 nitrogen and oxygen atoms in total. The third-order valence-corrected chi connectivity index (χ3v) is 5.77. The minimum absolute atomic E-state index is 0.0992. The standard InChI is InChI=1S/C20H25F3N2O2/c1-12-8-9-19(4,27-12)14(3)13(2)18(26)25(5)16-7-6-15(11-24)17(10-16)20(21,22)23/h6-7,10,12-14H,8-9H2,1-5H3. The molecule has 1 saturated heterocycles. The van der Waals surface area contributed by atoms with Crippen molar-refractivity contribution in [2.45, 2.75) is 58.4 Å². The van der Waals surface area contributed by atoms with Crippen LogP contribution < -0.4 is 4.90 Å². The van der Waals surface area contributed by atoms with Gasteiger partial charge in [0.05, 0.1) is 28.9 Å². The summed E-state index contributed by atoms with van der Waals surface area (Å²) in [5.74, 6) is -0.821. The molecule has 0 radical (unpaired) electrons. The molecule has 0 N–H and O–H groups in total. The fraction of sp³-hybridized carbons (Fsp3) is 0.600. The summed E-state index contributed by atoms with van der Waals surface area (Å²) in [5.41, 5.74) is -1.83. The summed E-state index contributed by atoms with van der Waals surface area (Å²) < 4.78 is 45.6. The number of anilines is 1. The molecule has 1 aliphatic heterocycles. The molecule has 0 aromatic heterocycles. The molecule has 4 unspecified atom stereocenters. The van der Waals surface area contributed by atoms with Crippen LogP contribution in [-0.4, -0.2) is 24.7 Å². The van der Waals surface area contributed by atoms with Crippen molar-refractivity contribution < 1.29 is 22.7 Å². The van der Waals surface area contributed by atoms with Crippen LogP contribution in [0.1, 0.15) is 51.7 Å². The third-order valence-electron chi connectivity index (χ3n) is 5.77. The van der Waals surface area contributed by atoms with E-state index < -0.39 is 28.8 Å². The van der Waals surface area contributed by atoms with Crippen LogP contribution in [0.15, 0.2) is 18.2 Å². The van der Waals surface area contributed by atoms with Gasteiger partial charge in [0.2, 0.25) is 5.91 Å². The van der Waals surface area contributed by atoms with E-state index in [1.165, 1.54) is 18.0 Å². The maximum atomic E-state index is 13.2. The number of halogens is 3. The number of hydrogen-bond donors (Lipinski definition) is 0. The van der Waals surface area contributed by atoms with Crippen molar-refractivity contribution in [1.29, 1.82) is 5.26 Å². The van der Waals surface area contributed by atoms with Crippen molar-refractivity contribution >= 4 is 11.6 Å². The van der Waals surface area contributed by atoms with Gasteiger partial charge in [-0.05, 0) is 50.8 Å². The highest BCUT2D eigenvalue weighted by Gasteiger charge is 2.43. The summed E-state index contributed by atoms with van der Waals surface area (Å²) in [6.45, 7) is 7.68. The highest BCUT2D eigenvalue weighted by atomic mass is 19.4. The Kier molecular flexibility index (Phi) is 5.91. The number of nitrogens with zero attached hydrogens (tertiary/aromatic N) is 2. The summed E-state index contributed by atoms with van der Waals surface area (Å²) >= 11 is 0. The lowest BCUT2D eigenvalue weighted by Gasteiger charge is -2.36. The minimum Gasteiger partial charge on any atom is -0.372 e. The number of benzene rings is 1. The maximum absolute atomic E-state index is 13.2. The number of carbonyl (C=O) groups is 1. The molecule has 1 amide bonds. The zero-order valence-electron chi connectivity index (χ0n) is 16.2. The van der Waals surface area contributed by atoms with E-state index in [2.05, 4.69) is 0 Å². The number of rotatable bonds is 4. The van der Waals surface area contributed by atoms with E-state index in [4.69, 9.17) is 10.00 Å². The SMILES string of the molecule is CC1CCC(C)(C(C)C(C)C(=O)N(C)c2ccc(C#N)c(C(F)(F)F)c2)O1. The van der Waals surface area contributed by atoms with E-state index in [1.807, 2.05) is 20.8 Å². The van der Waals surface area contributed by atoms with Crippen LogP contribution in [0.2, 0.25) is 0 Å². The molecule has 2 rings (SSSR count). The van der Waals surface area contributed by atoms with Gasteiger partial charge in [0.1, 0.15) is 0 Å². The molecule has 1 heterocycles. The Morgan fingerprint density at radius 1 is 1.41 bits per heavy atom. The van der Waals surface area contributed by atoms with Crippen LogP contribution in [0.5, 0.6) is 0 Å². The first-order valence-corrected chi connectivity index (χ1v) is 8.97. The predicted molar refractivity (Wildman–Crippen MR) is 96.1 cm³/mol. The second-order valence-corrected chi connectivity index (χ2v) is 7.59. The fourth-order valence-corrected chi connectivity index (χ4v) is 3.65. The number of carbonyl (C=O) groups excluding carboxylic acids is 1. The topological polar surface area (TPSA) is 53.3 Å². The lowest BCUT2D eigenvalue weighted by Crippen LogP contribution is -2.43. The van der Waals surface area contributed by atoms with Gasteiger partial charge in [-0.25, -0.2) is 0 Å². The molecule has 7 heteroatoms. The molecule has 1 fully saturated rings. The number of hydrogen-bond acceptors (Lipinski definition) is 3. The molecule has 1 aromatic carbocycles. The van der Waals surface area contributed by atoms with Gasteiger partial charge in [-0.2, -0.15) is 18.4 Å². The van der Waals surface area contributed by atoms with Gasteiger partial charge in [-0.3, -0.25) is 4.79 Å². The summed E-state index contributed by atoms with van der Waals surface area (Å²) in [7, 11) is 1.45. The number of ether oxygens (including phenoxy) is 1. The number of amides is 1. The van der Waals surface area contributed by atoms with Gasteiger partial charge >= 0.3 is 6.18 Å². The zero-order chi connectivity index (χ0) is 20.6. The van der Waals surface area contributed by atoms with Gasteiger partial charge in [-0.1, -0.05) is 13.8 Å². The van der Waals surface area contributed by atoms with E-state index in [9.17, 15) is 18.0 Å². The molecule has 0 spiro atoms. The zero-order valence-corrected chi connectivity index (χ0v) is 16.2. The lowest BCUT2D eigenvalue weighted by atomic mass is 9.79. The molecule has 0 bridgehead atoms. The molecule has 0 saturated carbocycles. The Morgan fingerprint density at radius 2 is 2.04 bits per heavy atom. The van der Waals surface area contributed by atoms with Crippen LogP contribution >= 0.6 is 0 Å². The molecular weight excluding hydrogens is 357 g/mol. The Bertz CT molecular complexity index is 757. The van der Waals surface area contributed by atoms with Gasteiger partial charge in [-0.15, -0.1) is 0 Å². The van der Waals surface area contributed by atoms with Gasteiger partial charge in [0, 0.05) is 18.7 Å². The van der Waals surface area contributed by atoms with Crippen LogP contribution in [0, 0.1) is 23.2 Å². The quantitative estimate of drug-likeness (QED) is 0.754. The van der Waals surface area contributed by atoms with Crippen LogP contribution in [0.3, 0.4) is 0 Å². The predicted octanol–water partition coefficient (Wildman–Crippen LogP) is 4.77. The number of alkyl halides is 3. The minimum atomic E-state index is -4.66. The van der Waals surface area contributed by atoms with Gasteiger partial charge in [0.25, 0.3) is 0 Å². The van der Waals surface area contributed by atoms with E-state index in [0.717, 1.165) is 25.0 Å². The van der Waals surface area contributed by atoms with E-state index >= 15 is 0 Å². The number of nitriles is 1. The Labute approximate surface area is 157 Å². The molecule has 4 atom stereocenters. The van der Waals surface area contributed by atoms with Crippen LogP contribution in [0.25, 0.3) is 0 Å². The average molecular weight is 382 g/mol. The smallest absolute Gasteiger partial charge is 0.372 e. The normalized spacial score (nSPS) is 24.9. The van der Waals surface area contributed by atoms with Crippen molar-refractivity contribution in [3.05, 3.63) is 29.3 Å². The summed E-state index contributed by atoms with van der Waals surface area (Å²) in [5, 5.41) is 8.91. The van der Waals surface area contributed by atoms with Crippen molar-refractivity contribution in [3.8, 4) is 6.07 Å². The summed E-state index contributed by atoms with van der Waals surface area (Å²) in [6, 6.07) is 4.85. The molecular formula is C20H25F3N2O2. The average Bonchev–Trinajstić information content (AvgIpc) is 2.97. The lowest BCUT2D eigenvalue weighted by molar-refractivity contribution is -0.137. The van der Waals surface area contributed by atoms with Crippen LogP contribution in [-0.2, 0) is 15.7 Å². The van der Waals surface area contributed by atoms with Crippen molar-refractivity contribution in [1.82, 2.24) is 0 Å². The Balaban J connectivity index is 2.25. The molecule has 27 heavy (non-hydrogen) atoms. The first-order valence-electron chi connectivity index (χ1n) is 8.97. The molecule has 148 valence electrons. The van der Waals surface area contributed by atoms with Crippen molar-refractivity contribution in [2.24, 2.45) is 11.8 Å². The van der Waals surface area contributed by atoms with Gasteiger partial charge < -0.3 is 9.64 Å². The molecule has 1 aliphatic rings. The van der Waals surface area contributed by atoms with E-state index in [1.54, 1.807) is 13.0 Å². The largest absolute Gasteiger partial charge is 0.417 e. The monoisotopic (exact) mass is 382 g/mol. The van der Waals surface area contributed by atoms with E-state index in [0.29, 0.717) is 0 Å². The van der Waals surface area contributed by atoms with Crippen molar-refractivity contribution in [2.75, 3.05) is 11.9 Å². The first-order chi connectivity index (χ1) is 12.4. The maximum Gasteiger partial charge on any atom is 0.417 e. The van der Waals surface area contributed by atoms with Crippen molar-refractivity contribution in [3.63, 3.8) is 0 Å². The second-order valence-electron chi connectivity index (χ2n) is 7.59. The first kappa shape index (κ1) is 21.2.